The summed E-state index contributed by atoms with van der Waals surface area (Å²) in [4.78, 5) is 36.8. The number of nitrogens with one attached hydrogen (secondary N) is 1. The first-order chi connectivity index (χ1) is 17.4. The highest BCUT2D eigenvalue weighted by Gasteiger charge is 2.17. The third-order valence-electron chi connectivity index (χ3n) is 5.60. The monoisotopic (exact) mass is 505 g/mol. The molecular weight excluding hydrogens is 482 g/mol. The second-order valence-electron chi connectivity index (χ2n) is 8.15. The lowest BCUT2D eigenvalue weighted by atomic mass is 9.99. The largest absolute Gasteiger partial charge is 0.445 e. The van der Waals surface area contributed by atoms with Crippen LogP contribution in [0.2, 0.25) is 5.02 Å². The zero-order valence-electron chi connectivity index (χ0n) is 19.6. The van der Waals surface area contributed by atoms with Crippen LogP contribution in [-0.4, -0.2) is 18.6 Å². The molecule has 1 aromatic heterocycles. The zero-order valence-corrected chi connectivity index (χ0v) is 20.3. The summed E-state index contributed by atoms with van der Waals surface area (Å²) in [6, 6.07) is 21.9. The number of hydrogen-bond donors (Lipinski definition) is 1. The summed E-state index contributed by atoms with van der Waals surface area (Å²) >= 11 is 6.37. The van der Waals surface area contributed by atoms with Gasteiger partial charge in [-0.25, -0.2) is 9.59 Å². The Morgan fingerprint density at radius 1 is 0.972 bits per heavy atom. The van der Waals surface area contributed by atoms with Crippen molar-refractivity contribution < 1.29 is 23.5 Å². The van der Waals surface area contributed by atoms with Crippen molar-refractivity contribution in [1.82, 2.24) is 5.32 Å². The molecule has 3 aromatic carbocycles. The molecule has 0 saturated carbocycles. The molecule has 36 heavy (non-hydrogen) atoms. The number of halogens is 1. The van der Waals surface area contributed by atoms with Crippen LogP contribution in [0.1, 0.15) is 28.7 Å². The smallest absolute Gasteiger partial charge is 0.407 e. The topological polar surface area (TPSA) is 94.8 Å². The van der Waals surface area contributed by atoms with Gasteiger partial charge in [-0.1, -0.05) is 72.3 Å². The van der Waals surface area contributed by atoms with E-state index < -0.39 is 17.7 Å². The van der Waals surface area contributed by atoms with Crippen molar-refractivity contribution in [1.29, 1.82) is 0 Å². The number of fused-ring (bicyclic) bond motifs is 1. The van der Waals surface area contributed by atoms with E-state index in [9.17, 15) is 14.4 Å². The van der Waals surface area contributed by atoms with E-state index in [1.54, 1.807) is 6.07 Å². The van der Waals surface area contributed by atoms with Gasteiger partial charge in [-0.3, -0.25) is 4.79 Å². The third-order valence-corrected chi connectivity index (χ3v) is 5.89. The molecule has 0 spiro atoms. The molecular formula is C28H24ClNO6. The van der Waals surface area contributed by atoms with Crippen LogP contribution in [0.5, 0.6) is 5.75 Å². The maximum absolute atomic E-state index is 12.7. The van der Waals surface area contributed by atoms with Gasteiger partial charge in [0.25, 0.3) is 0 Å². The summed E-state index contributed by atoms with van der Waals surface area (Å²) in [5.41, 5.74) is 2.95. The van der Waals surface area contributed by atoms with Gasteiger partial charge in [0.1, 0.15) is 12.2 Å². The van der Waals surface area contributed by atoms with Crippen LogP contribution >= 0.6 is 11.6 Å². The minimum atomic E-state index is -0.640. The summed E-state index contributed by atoms with van der Waals surface area (Å²) in [6.45, 7) is 1.98. The molecule has 0 fully saturated rings. The lowest BCUT2D eigenvalue weighted by molar-refractivity contribution is -0.134. The van der Waals surface area contributed by atoms with Crippen LogP contribution in [0.3, 0.4) is 0 Å². The summed E-state index contributed by atoms with van der Waals surface area (Å²) in [6.07, 6.45) is -0.313. The molecule has 4 aromatic rings. The van der Waals surface area contributed by atoms with Crippen molar-refractivity contribution in [3.05, 3.63) is 110 Å². The summed E-state index contributed by atoms with van der Waals surface area (Å²) in [5.74, 6) is -0.543. The molecule has 1 amide bonds. The van der Waals surface area contributed by atoms with Crippen molar-refractivity contribution in [3.8, 4) is 5.75 Å². The number of hydrogen-bond acceptors (Lipinski definition) is 6. The molecule has 0 unspecified atom stereocenters. The number of esters is 1. The van der Waals surface area contributed by atoms with Crippen molar-refractivity contribution >= 4 is 34.6 Å². The van der Waals surface area contributed by atoms with Crippen LogP contribution < -0.4 is 15.7 Å². The van der Waals surface area contributed by atoms with Gasteiger partial charge < -0.3 is 19.2 Å². The average Bonchev–Trinajstić information content (AvgIpc) is 2.88. The van der Waals surface area contributed by atoms with Crippen LogP contribution in [0.25, 0.3) is 11.0 Å². The Kier molecular flexibility index (Phi) is 8.02. The number of aryl methyl sites for hydroxylation is 1. The Bertz CT molecular complexity index is 1430. The predicted molar refractivity (Wildman–Crippen MR) is 136 cm³/mol. The van der Waals surface area contributed by atoms with E-state index in [1.807, 2.05) is 67.6 Å². The SMILES string of the molecule is Cc1c(Cc2ccccc2)c(=O)oc2cc(OC(=O)CCNC(=O)OCc3ccccc3)c(Cl)cc12. The molecule has 0 aliphatic carbocycles. The highest BCUT2D eigenvalue weighted by atomic mass is 35.5. The fourth-order valence-electron chi connectivity index (χ4n) is 3.69. The maximum atomic E-state index is 12.7. The minimum Gasteiger partial charge on any atom is -0.445 e. The van der Waals surface area contributed by atoms with Gasteiger partial charge in [-0.15, -0.1) is 0 Å². The molecule has 184 valence electrons. The van der Waals surface area contributed by atoms with E-state index in [-0.39, 0.29) is 35.9 Å². The van der Waals surface area contributed by atoms with Gasteiger partial charge in [0.05, 0.1) is 11.4 Å². The van der Waals surface area contributed by atoms with Crippen molar-refractivity contribution in [2.24, 2.45) is 0 Å². The lowest BCUT2D eigenvalue weighted by Crippen LogP contribution is -2.27. The first kappa shape index (κ1) is 25.0. The Hall–Kier alpha value is -4.10. The lowest BCUT2D eigenvalue weighted by Gasteiger charge is -2.11. The zero-order chi connectivity index (χ0) is 25.5. The molecule has 0 bridgehead atoms. The number of rotatable bonds is 8. The van der Waals surface area contributed by atoms with Gasteiger partial charge in [0, 0.05) is 30.0 Å². The van der Waals surface area contributed by atoms with E-state index in [4.69, 9.17) is 25.5 Å². The van der Waals surface area contributed by atoms with E-state index in [0.717, 1.165) is 16.7 Å². The molecule has 0 saturated heterocycles. The Labute approximate surface area is 212 Å². The van der Waals surface area contributed by atoms with Crippen LogP contribution in [0, 0.1) is 6.92 Å². The van der Waals surface area contributed by atoms with Crippen LogP contribution in [0.4, 0.5) is 4.79 Å². The molecule has 1 N–H and O–H groups in total. The fraction of sp³-hybridized carbons (Fsp3) is 0.179. The van der Waals surface area contributed by atoms with E-state index >= 15 is 0 Å². The van der Waals surface area contributed by atoms with Crippen molar-refractivity contribution in [3.63, 3.8) is 0 Å². The predicted octanol–water partition coefficient (Wildman–Crippen LogP) is 5.57. The highest BCUT2D eigenvalue weighted by Crippen LogP contribution is 2.32. The summed E-state index contributed by atoms with van der Waals surface area (Å²) < 4.78 is 16.0. The van der Waals surface area contributed by atoms with Crippen molar-refractivity contribution in [2.75, 3.05) is 6.54 Å². The van der Waals surface area contributed by atoms with Gasteiger partial charge in [0.2, 0.25) is 0 Å². The standard InChI is InChI=1S/C28H24ClNO6/c1-18-21-15-23(29)25(16-24(21)36-27(32)22(18)14-19-8-4-2-5-9-19)35-26(31)12-13-30-28(33)34-17-20-10-6-3-7-11-20/h2-11,15-16H,12-14,17H2,1H3,(H,30,33). The number of amides is 1. The Morgan fingerprint density at radius 3 is 2.33 bits per heavy atom. The molecule has 0 aliphatic rings. The number of alkyl carbamates (subject to hydrolysis) is 1. The van der Waals surface area contributed by atoms with Gasteiger partial charge in [0.15, 0.2) is 5.75 Å². The average molecular weight is 506 g/mol. The summed E-state index contributed by atoms with van der Waals surface area (Å²) in [5, 5.41) is 3.36. The van der Waals surface area contributed by atoms with Gasteiger partial charge in [-0.2, -0.15) is 0 Å². The first-order valence-electron chi connectivity index (χ1n) is 11.4. The number of carbonyl (C=O) groups is 2. The number of benzene rings is 3. The molecule has 4 rings (SSSR count). The minimum absolute atomic E-state index is 0.0225. The van der Waals surface area contributed by atoms with Crippen LogP contribution in [-0.2, 0) is 22.6 Å². The van der Waals surface area contributed by atoms with E-state index in [0.29, 0.717) is 17.4 Å². The highest BCUT2D eigenvalue weighted by molar-refractivity contribution is 6.33. The molecule has 0 radical (unpaired) electrons. The third kappa shape index (κ3) is 6.31. The van der Waals surface area contributed by atoms with E-state index in [1.165, 1.54) is 6.07 Å². The second-order valence-corrected chi connectivity index (χ2v) is 8.55. The van der Waals surface area contributed by atoms with Gasteiger partial charge >= 0.3 is 17.7 Å². The first-order valence-corrected chi connectivity index (χ1v) is 11.7. The van der Waals surface area contributed by atoms with Gasteiger partial charge in [-0.05, 0) is 29.7 Å². The summed E-state index contributed by atoms with van der Waals surface area (Å²) in [7, 11) is 0. The molecule has 0 aliphatic heterocycles. The normalized spacial score (nSPS) is 10.7. The Balaban J connectivity index is 1.37. The molecule has 0 atom stereocenters. The molecule has 8 heteroatoms. The van der Waals surface area contributed by atoms with Crippen LogP contribution in [0.15, 0.2) is 82.0 Å². The quantitative estimate of drug-likeness (QED) is 0.191. The number of ether oxygens (including phenoxy) is 2. The molecule has 1 heterocycles. The second kappa shape index (κ2) is 11.6. The number of carbonyl (C=O) groups excluding carboxylic acids is 2. The maximum Gasteiger partial charge on any atom is 0.407 e. The molecule has 7 nitrogen and oxygen atoms in total. The van der Waals surface area contributed by atoms with E-state index in [2.05, 4.69) is 5.32 Å². The fourth-order valence-corrected chi connectivity index (χ4v) is 3.89. The van der Waals surface area contributed by atoms with Crippen molar-refractivity contribution in [2.45, 2.75) is 26.4 Å². The Morgan fingerprint density at radius 2 is 1.64 bits per heavy atom.